The van der Waals surface area contributed by atoms with E-state index >= 15 is 0 Å². The molecule has 29 heavy (non-hydrogen) atoms. The quantitative estimate of drug-likeness (QED) is 0.769. The van der Waals surface area contributed by atoms with Gasteiger partial charge in [-0.15, -0.1) is 0 Å². The van der Waals surface area contributed by atoms with Gasteiger partial charge in [0, 0.05) is 31.8 Å². The lowest BCUT2D eigenvalue weighted by molar-refractivity contribution is -0.138. The van der Waals surface area contributed by atoms with Gasteiger partial charge in [0.1, 0.15) is 29.2 Å². The number of nitrogens with zero attached hydrogens (tertiary/aromatic N) is 1. The first-order chi connectivity index (χ1) is 13.9. The van der Waals surface area contributed by atoms with E-state index in [1.54, 1.807) is 4.90 Å². The highest BCUT2D eigenvalue weighted by atomic mass is 19.1. The molecule has 1 heterocycles. The normalized spacial score (nSPS) is 18.9. The fraction of sp³-hybridized carbons (Fsp3) is 0.333. The van der Waals surface area contributed by atoms with Gasteiger partial charge >= 0.3 is 0 Å². The zero-order chi connectivity index (χ0) is 20.8. The first kappa shape index (κ1) is 20.6. The van der Waals surface area contributed by atoms with Crippen molar-refractivity contribution in [3.05, 3.63) is 60.2 Å². The van der Waals surface area contributed by atoms with Gasteiger partial charge in [0.05, 0.1) is 0 Å². The van der Waals surface area contributed by atoms with Crippen molar-refractivity contribution in [2.24, 2.45) is 11.7 Å². The Labute approximate surface area is 167 Å². The fourth-order valence-corrected chi connectivity index (χ4v) is 3.30. The highest BCUT2D eigenvalue weighted by Gasteiger charge is 2.34. The highest BCUT2D eigenvalue weighted by Crippen LogP contribution is 2.26. The Balaban J connectivity index is 1.59. The van der Waals surface area contributed by atoms with Crippen molar-refractivity contribution in [1.82, 2.24) is 4.90 Å². The number of benzene rings is 2. The van der Waals surface area contributed by atoms with Gasteiger partial charge in [-0.3, -0.25) is 9.59 Å². The fourth-order valence-electron chi connectivity index (χ4n) is 3.30. The molecule has 0 radical (unpaired) electrons. The van der Waals surface area contributed by atoms with Crippen molar-refractivity contribution in [2.45, 2.75) is 18.9 Å². The molecule has 1 aliphatic rings. The van der Waals surface area contributed by atoms with E-state index in [1.807, 2.05) is 0 Å². The van der Waals surface area contributed by atoms with Crippen LogP contribution < -0.4 is 15.2 Å². The minimum Gasteiger partial charge on any atom is -0.490 e. The summed E-state index contributed by atoms with van der Waals surface area (Å²) in [6.07, 6.45) is 0.238. The Morgan fingerprint density at radius 3 is 2.17 bits per heavy atom. The van der Waals surface area contributed by atoms with Crippen molar-refractivity contribution in [3.8, 4) is 11.5 Å². The zero-order valence-electron chi connectivity index (χ0n) is 15.7. The van der Waals surface area contributed by atoms with E-state index in [1.165, 1.54) is 48.5 Å². The molecule has 1 fully saturated rings. The van der Waals surface area contributed by atoms with E-state index < -0.39 is 5.91 Å². The smallest absolute Gasteiger partial charge is 0.260 e. The molecule has 2 amide bonds. The molecule has 0 bridgehead atoms. The Morgan fingerprint density at radius 2 is 1.59 bits per heavy atom. The van der Waals surface area contributed by atoms with Crippen LogP contribution in [0, 0.1) is 17.6 Å². The van der Waals surface area contributed by atoms with E-state index in [0.29, 0.717) is 31.0 Å². The summed E-state index contributed by atoms with van der Waals surface area (Å²) in [5, 5.41) is 0. The third-order valence-corrected chi connectivity index (χ3v) is 4.76. The molecule has 3 rings (SSSR count). The maximum Gasteiger partial charge on any atom is 0.260 e. The van der Waals surface area contributed by atoms with Crippen LogP contribution in [-0.4, -0.2) is 42.5 Å². The number of nitrogens with two attached hydrogens (primary N) is 1. The molecule has 0 aliphatic carbocycles. The van der Waals surface area contributed by atoms with Gasteiger partial charge in [-0.2, -0.15) is 0 Å². The summed E-state index contributed by atoms with van der Waals surface area (Å²) in [7, 11) is 0. The summed E-state index contributed by atoms with van der Waals surface area (Å²) in [6.45, 7) is 0.519. The van der Waals surface area contributed by atoms with Crippen LogP contribution in [-0.2, 0) is 9.59 Å². The Kier molecular flexibility index (Phi) is 6.64. The lowest BCUT2D eigenvalue weighted by Crippen LogP contribution is -2.50. The van der Waals surface area contributed by atoms with Crippen LogP contribution in [0.15, 0.2) is 48.5 Å². The monoisotopic (exact) mass is 404 g/mol. The second-order valence-corrected chi connectivity index (χ2v) is 6.91. The van der Waals surface area contributed by atoms with E-state index in [9.17, 15) is 18.4 Å². The number of primary amides is 1. The van der Waals surface area contributed by atoms with Crippen LogP contribution in [0.1, 0.15) is 12.8 Å². The number of amides is 2. The molecule has 6 nitrogen and oxygen atoms in total. The standard InChI is InChI=1S/C21H22F2N2O4/c22-15-1-5-17(6-2-15)28-13-21(27)25-10-9-19(14(12-25)11-20(24)26)29-18-7-3-16(23)4-8-18/h1-8,14,19H,9-13H2,(H2,24,26)/t14-,19-/m0/s1. The maximum atomic E-state index is 13.1. The third-order valence-electron chi connectivity index (χ3n) is 4.76. The topological polar surface area (TPSA) is 81.9 Å². The van der Waals surface area contributed by atoms with Crippen LogP contribution in [0.25, 0.3) is 0 Å². The third kappa shape index (κ3) is 5.91. The molecule has 2 aromatic carbocycles. The second-order valence-electron chi connectivity index (χ2n) is 6.91. The van der Waals surface area contributed by atoms with Gasteiger partial charge in [0.15, 0.2) is 6.61 Å². The molecule has 0 unspecified atom stereocenters. The van der Waals surface area contributed by atoms with Crippen molar-refractivity contribution in [2.75, 3.05) is 19.7 Å². The molecular formula is C21H22F2N2O4. The molecule has 8 heteroatoms. The van der Waals surface area contributed by atoms with Crippen LogP contribution in [0.5, 0.6) is 11.5 Å². The molecule has 1 saturated heterocycles. The number of hydrogen-bond donors (Lipinski definition) is 1. The van der Waals surface area contributed by atoms with Crippen molar-refractivity contribution in [1.29, 1.82) is 0 Å². The molecule has 0 spiro atoms. The summed E-state index contributed by atoms with van der Waals surface area (Å²) < 4.78 is 37.3. The molecule has 2 atom stereocenters. The van der Waals surface area contributed by atoms with Gasteiger partial charge in [-0.25, -0.2) is 8.78 Å². The van der Waals surface area contributed by atoms with E-state index in [4.69, 9.17) is 15.2 Å². The number of hydrogen-bond acceptors (Lipinski definition) is 4. The number of piperidine rings is 1. The molecule has 0 aromatic heterocycles. The number of rotatable bonds is 7. The lowest BCUT2D eigenvalue weighted by atomic mass is 9.91. The SMILES string of the molecule is NC(=O)C[C@H]1CN(C(=O)COc2ccc(F)cc2)CC[C@@H]1Oc1ccc(F)cc1. The van der Waals surface area contributed by atoms with Crippen molar-refractivity contribution < 1.29 is 27.8 Å². The number of halogens is 2. The summed E-state index contributed by atoms with van der Waals surface area (Å²) >= 11 is 0. The zero-order valence-corrected chi connectivity index (χ0v) is 15.7. The predicted molar refractivity (Wildman–Crippen MR) is 101 cm³/mol. The maximum absolute atomic E-state index is 13.1. The van der Waals surface area contributed by atoms with E-state index in [2.05, 4.69) is 0 Å². The van der Waals surface area contributed by atoms with E-state index in [0.717, 1.165) is 0 Å². The average Bonchev–Trinajstić information content (AvgIpc) is 2.70. The highest BCUT2D eigenvalue weighted by molar-refractivity contribution is 5.78. The van der Waals surface area contributed by atoms with Crippen molar-refractivity contribution in [3.63, 3.8) is 0 Å². The number of likely N-dealkylation sites (tertiary alicyclic amines) is 1. The van der Waals surface area contributed by atoms with E-state index in [-0.39, 0.29) is 42.6 Å². The number of carbonyl (C=O) groups is 2. The molecule has 2 aromatic rings. The molecule has 0 saturated carbocycles. The number of carbonyl (C=O) groups excluding carboxylic acids is 2. The van der Waals surface area contributed by atoms with Gasteiger partial charge in [0.25, 0.3) is 5.91 Å². The van der Waals surface area contributed by atoms with Crippen LogP contribution in [0.4, 0.5) is 8.78 Å². The van der Waals surface area contributed by atoms with Gasteiger partial charge in [0.2, 0.25) is 5.91 Å². The average molecular weight is 404 g/mol. The lowest BCUT2D eigenvalue weighted by Gasteiger charge is -2.38. The summed E-state index contributed by atoms with van der Waals surface area (Å²) in [6, 6.07) is 11.0. The Morgan fingerprint density at radius 1 is 1.00 bits per heavy atom. The largest absolute Gasteiger partial charge is 0.490 e. The Bertz CT molecular complexity index is 843. The molecule has 154 valence electrons. The second kappa shape index (κ2) is 9.36. The number of ether oxygens (including phenoxy) is 2. The summed E-state index contributed by atoms with van der Waals surface area (Å²) in [5.41, 5.74) is 5.36. The summed E-state index contributed by atoms with van der Waals surface area (Å²) in [5.74, 6) is -0.897. The minimum atomic E-state index is -0.487. The Hall–Kier alpha value is -3.16. The first-order valence-electron chi connectivity index (χ1n) is 9.27. The predicted octanol–water partition coefficient (Wildman–Crippen LogP) is 2.52. The van der Waals surface area contributed by atoms with Gasteiger partial charge < -0.3 is 20.1 Å². The van der Waals surface area contributed by atoms with Crippen molar-refractivity contribution >= 4 is 11.8 Å². The van der Waals surface area contributed by atoms with Crippen LogP contribution in [0.2, 0.25) is 0 Å². The van der Waals surface area contributed by atoms with Crippen LogP contribution >= 0.6 is 0 Å². The molecule has 1 aliphatic heterocycles. The summed E-state index contributed by atoms with van der Waals surface area (Å²) in [4.78, 5) is 25.6. The minimum absolute atomic E-state index is 0.0639. The van der Waals surface area contributed by atoms with Gasteiger partial charge in [-0.05, 0) is 48.5 Å². The molecule has 2 N–H and O–H groups in total. The van der Waals surface area contributed by atoms with Crippen LogP contribution in [0.3, 0.4) is 0 Å². The molecular weight excluding hydrogens is 382 g/mol. The first-order valence-corrected chi connectivity index (χ1v) is 9.27. The van der Waals surface area contributed by atoms with Gasteiger partial charge in [-0.1, -0.05) is 0 Å².